The Hall–Kier alpha value is -3.09. The number of hydrogen-bond donors (Lipinski definition) is 1. The van der Waals surface area contributed by atoms with Crippen molar-refractivity contribution in [3.05, 3.63) is 94.5 Å². The molecular weight excluding hydrogens is 446 g/mol. The summed E-state index contributed by atoms with van der Waals surface area (Å²) in [6.07, 6.45) is 0. The number of hydrogen-bond acceptors (Lipinski definition) is 4. The van der Waals surface area contributed by atoms with Crippen molar-refractivity contribution in [2.45, 2.75) is 18.3 Å². The van der Waals surface area contributed by atoms with E-state index in [1.54, 1.807) is 36.4 Å². The van der Waals surface area contributed by atoms with Gasteiger partial charge < -0.3 is 10.0 Å². The summed E-state index contributed by atoms with van der Waals surface area (Å²) >= 11 is 7.74. The molecule has 0 aliphatic carbocycles. The Bertz CT molecular complexity index is 1180. The van der Waals surface area contributed by atoms with Gasteiger partial charge in [0.05, 0.1) is 0 Å². The summed E-state index contributed by atoms with van der Waals surface area (Å²) < 4.78 is 0. The van der Waals surface area contributed by atoms with Crippen molar-refractivity contribution in [3.63, 3.8) is 0 Å². The highest BCUT2D eigenvalue weighted by Gasteiger charge is 2.43. The highest BCUT2D eigenvalue weighted by molar-refractivity contribution is 7.99. The number of aliphatic carboxylic acids is 1. The van der Waals surface area contributed by atoms with Crippen LogP contribution >= 0.6 is 23.4 Å². The van der Waals surface area contributed by atoms with E-state index in [9.17, 15) is 19.5 Å². The Kier molecular flexibility index (Phi) is 6.35. The van der Waals surface area contributed by atoms with E-state index in [0.29, 0.717) is 16.1 Å². The number of amides is 1. The molecule has 1 aliphatic heterocycles. The van der Waals surface area contributed by atoms with E-state index < -0.39 is 17.4 Å². The van der Waals surface area contributed by atoms with Gasteiger partial charge in [0, 0.05) is 27.5 Å². The molecule has 1 fully saturated rings. The Morgan fingerprint density at radius 3 is 2.00 bits per heavy atom. The molecular formula is C25H20ClNO4S. The minimum atomic E-state index is -1.04. The maximum atomic E-state index is 13.4. The average Bonchev–Trinajstić information content (AvgIpc) is 3.24. The first-order valence-corrected chi connectivity index (χ1v) is 11.4. The molecule has 32 heavy (non-hydrogen) atoms. The third kappa shape index (κ3) is 4.29. The Morgan fingerprint density at radius 1 is 0.906 bits per heavy atom. The summed E-state index contributed by atoms with van der Waals surface area (Å²) in [6, 6.07) is 20.5. The van der Waals surface area contributed by atoms with Crippen molar-refractivity contribution >= 4 is 41.0 Å². The zero-order chi connectivity index (χ0) is 22.8. The first kappa shape index (κ1) is 22.1. The van der Waals surface area contributed by atoms with Gasteiger partial charge in [0.2, 0.25) is 0 Å². The molecule has 1 aliphatic rings. The molecule has 5 nitrogen and oxygen atoms in total. The molecule has 0 saturated carbocycles. The standard InChI is InChI=1S/C25H20ClNO4S/c1-15(28)16-6-8-17(9-7-16)18-10-12-19(13-11-18)23(29)27-22(25(30)31)14-32-24(27)20-4-2-3-5-21(20)26/h2-13,22,24H,14H2,1H3,(H,30,31)/t22-,24+/m0/s1. The van der Waals surface area contributed by atoms with Crippen LogP contribution in [0.3, 0.4) is 0 Å². The Morgan fingerprint density at radius 2 is 1.47 bits per heavy atom. The fourth-order valence-corrected chi connectivity index (χ4v) is 5.47. The van der Waals surface area contributed by atoms with Gasteiger partial charge in [-0.15, -0.1) is 11.8 Å². The molecule has 7 heteroatoms. The lowest BCUT2D eigenvalue weighted by atomic mass is 10.0. The molecule has 1 saturated heterocycles. The van der Waals surface area contributed by atoms with Crippen molar-refractivity contribution in [2.75, 3.05) is 5.75 Å². The van der Waals surface area contributed by atoms with Crippen LogP contribution in [0.15, 0.2) is 72.8 Å². The molecule has 1 N–H and O–H groups in total. The van der Waals surface area contributed by atoms with Crippen LogP contribution in [0.5, 0.6) is 0 Å². The SMILES string of the molecule is CC(=O)c1ccc(-c2ccc(C(=O)N3[C@@H](c4ccccc4Cl)SC[C@H]3C(=O)O)cc2)cc1. The minimum absolute atomic E-state index is 0.00189. The molecule has 162 valence electrons. The number of carboxylic acids is 1. The van der Waals surface area contributed by atoms with Crippen LogP contribution in [0.25, 0.3) is 11.1 Å². The fourth-order valence-electron chi connectivity index (χ4n) is 3.71. The number of Topliss-reactive ketones (excluding diaryl/α,β-unsaturated/α-hetero) is 1. The molecule has 0 bridgehead atoms. The molecule has 0 spiro atoms. The summed E-state index contributed by atoms with van der Waals surface area (Å²) in [7, 11) is 0. The van der Waals surface area contributed by atoms with Crippen molar-refractivity contribution < 1.29 is 19.5 Å². The number of rotatable bonds is 5. The van der Waals surface area contributed by atoms with E-state index in [1.165, 1.54) is 23.6 Å². The predicted octanol–water partition coefficient (Wildman–Crippen LogP) is 5.55. The van der Waals surface area contributed by atoms with Crippen molar-refractivity contribution in [1.82, 2.24) is 4.90 Å². The zero-order valence-electron chi connectivity index (χ0n) is 17.2. The van der Waals surface area contributed by atoms with Gasteiger partial charge in [0.15, 0.2) is 5.78 Å². The van der Waals surface area contributed by atoms with Gasteiger partial charge in [0.1, 0.15) is 11.4 Å². The lowest BCUT2D eigenvalue weighted by molar-refractivity contribution is -0.141. The van der Waals surface area contributed by atoms with Gasteiger partial charge in [0.25, 0.3) is 5.91 Å². The van der Waals surface area contributed by atoms with Crippen molar-refractivity contribution in [3.8, 4) is 11.1 Å². The second-order valence-corrected chi connectivity index (χ2v) is 9.00. The monoisotopic (exact) mass is 465 g/mol. The van der Waals surface area contributed by atoms with E-state index in [1.807, 2.05) is 36.4 Å². The fraction of sp³-hybridized carbons (Fsp3) is 0.160. The summed E-state index contributed by atoms with van der Waals surface area (Å²) in [5, 5.41) is 9.73. The second-order valence-electron chi connectivity index (χ2n) is 7.48. The molecule has 0 radical (unpaired) electrons. The van der Waals surface area contributed by atoms with Crippen LogP contribution in [0.4, 0.5) is 0 Å². The van der Waals surface area contributed by atoms with E-state index in [-0.39, 0.29) is 17.4 Å². The molecule has 3 aromatic rings. The molecule has 4 rings (SSSR count). The van der Waals surface area contributed by atoms with Crippen LogP contribution in [0, 0.1) is 0 Å². The van der Waals surface area contributed by atoms with Gasteiger partial charge in [-0.3, -0.25) is 9.59 Å². The van der Waals surface area contributed by atoms with E-state index in [0.717, 1.165) is 16.7 Å². The smallest absolute Gasteiger partial charge is 0.327 e. The number of carboxylic acid groups (broad SMARTS) is 1. The molecule has 1 heterocycles. The topological polar surface area (TPSA) is 74.7 Å². The summed E-state index contributed by atoms with van der Waals surface area (Å²) in [5.74, 6) is -1.10. The zero-order valence-corrected chi connectivity index (χ0v) is 18.8. The first-order chi connectivity index (χ1) is 15.4. The molecule has 2 atom stereocenters. The van der Waals surface area contributed by atoms with Gasteiger partial charge >= 0.3 is 5.97 Å². The van der Waals surface area contributed by atoms with Crippen molar-refractivity contribution in [1.29, 1.82) is 0 Å². The highest BCUT2D eigenvalue weighted by atomic mass is 35.5. The van der Waals surface area contributed by atoms with Gasteiger partial charge in [-0.25, -0.2) is 4.79 Å². The lowest BCUT2D eigenvalue weighted by Gasteiger charge is -2.28. The van der Waals surface area contributed by atoms with Crippen LogP contribution in [-0.2, 0) is 4.79 Å². The van der Waals surface area contributed by atoms with Crippen LogP contribution in [-0.4, -0.2) is 39.5 Å². The Balaban J connectivity index is 1.63. The lowest BCUT2D eigenvalue weighted by Crippen LogP contribution is -2.43. The summed E-state index contributed by atoms with van der Waals surface area (Å²) in [4.78, 5) is 38.1. The number of carbonyl (C=O) groups is 3. The van der Waals surface area contributed by atoms with Crippen LogP contribution in [0.1, 0.15) is 38.6 Å². The van der Waals surface area contributed by atoms with Crippen LogP contribution < -0.4 is 0 Å². The number of ketones is 1. The third-order valence-corrected chi connectivity index (χ3v) is 7.10. The number of halogens is 1. The first-order valence-electron chi connectivity index (χ1n) is 10.00. The Labute approximate surface area is 195 Å². The van der Waals surface area contributed by atoms with E-state index in [4.69, 9.17) is 11.6 Å². The minimum Gasteiger partial charge on any atom is -0.480 e. The average molecular weight is 466 g/mol. The molecule has 0 aromatic heterocycles. The number of carbonyl (C=O) groups excluding carboxylic acids is 2. The normalized spacial score (nSPS) is 17.9. The van der Waals surface area contributed by atoms with E-state index in [2.05, 4.69) is 0 Å². The molecule has 0 unspecified atom stereocenters. The maximum Gasteiger partial charge on any atom is 0.327 e. The molecule has 1 amide bonds. The second kappa shape index (κ2) is 9.18. The van der Waals surface area contributed by atoms with Crippen LogP contribution in [0.2, 0.25) is 5.02 Å². The van der Waals surface area contributed by atoms with Crippen molar-refractivity contribution in [2.24, 2.45) is 0 Å². The summed E-state index contributed by atoms with van der Waals surface area (Å²) in [6.45, 7) is 1.52. The molecule has 3 aromatic carbocycles. The summed E-state index contributed by atoms with van der Waals surface area (Å²) in [5.41, 5.74) is 3.57. The van der Waals surface area contributed by atoms with E-state index >= 15 is 0 Å². The number of nitrogens with zero attached hydrogens (tertiary/aromatic N) is 1. The van der Waals surface area contributed by atoms with Gasteiger partial charge in [-0.05, 0) is 36.2 Å². The number of thioether (sulfide) groups is 1. The largest absolute Gasteiger partial charge is 0.480 e. The van der Waals surface area contributed by atoms with Gasteiger partial charge in [-0.1, -0.05) is 66.2 Å². The van der Waals surface area contributed by atoms with Gasteiger partial charge in [-0.2, -0.15) is 0 Å². The number of benzene rings is 3. The predicted molar refractivity (Wildman–Crippen MR) is 126 cm³/mol. The maximum absolute atomic E-state index is 13.4. The quantitative estimate of drug-likeness (QED) is 0.500. The third-order valence-electron chi connectivity index (χ3n) is 5.45. The highest BCUT2D eigenvalue weighted by Crippen LogP contribution is 2.44.